The zero-order valence-electron chi connectivity index (χ0n) is 20.3. The van der Waals surface area contributed by atoms with Crippen LogP contribution in [0.1, 0.15) is 43.4 Å². The first-order valence-electron chi connectivity index (χ1n) is 11.6. The Hall–Kier alpha value is -2.10. The minimum Gasteiger partial charge on any atom is -0.325 e. The van der Waals surface area contributed by atoms with Crippen LogP contribution in [0.25, 0.3) is 22.0 Å². The summed E-state index contributed by atoms with van der Waals surface area (Å²) in [5.74, 6) is 0.564. The quantitative estimate of drug-likeness (QED) is 0.131. The lowest BCUT2D eigenvalue weighted by Crippen LogP contribution is -2.27. The maximum Gasteiger partial charge on any atom is 0.264 e. The molecule has 0 amide bonds. The Morgan fingerprint density at radius 2 is 1.94 bits per heavy atom. The predicted molar refractivity (Wildman–Crippen MR) is 154 cm³/mol. The zero-order valence-corrected chi connectivity index (χ0v) is 24.2. The van der Waals surface area contributed by atoms with E-state index in [1.54, 1.807) is 53.6 Å². The fraction of sp³-hybridized carbons (Fsp3) is 0.320. The third-order valence-electron chi connectivity index (χ3n) is 6.19. The number of hydrogen-bond donors (Lipinski definition) is 0. The van der Waals surface area contributed by atoms with Crippen LogP contribution in [0.3, 0.4) is 0 Å². The molecule has 5 rings (SSSR count). The molecule has 0 saturated heterocycles. The third kappa shape index (κ3) is 4.89. The number of hydrogen-bond acceptors (Lipinski definition) is 4. The lowest BCUT2D eigenvalue weighted by Gasteiger charge is -2.32. The largest absolute Gasteiger partial charge is 0.325 e. The Kier molecular flexibility index (Phi) is 8.32. The van der Waals surface area contributed by atoms with Crippen molar-refractivity contribution in [2.75, 3.05) is 11.4 Å². The summed E-state index contributed by atoms with van der Waals surface area (Å²) in [6.07, 6.45) is 2.77. The Bertz CT molecular complexity index is 1490. The van der Waals surface area contributed by atoms with Crippen LogP contribution in [0.15, 0.2) is 41.5 Å². The molecule has 1 aliphatic rings. The molecule has 1 atom stereocenters. The van der Waals surface area contributed by atoms with E-state index >= 15 is 0 Å². The van der Waals surface area contributed by atoms with E-state index in [9.17, 15) is 13.6 Å². The molecule has 1 aromatic carbocycles. The summed E-state index contributed by atoms with van der Waals surface area (Å²) < 4.78 is 31.8. The van der Waals surface area contributed by atoms with E-state index in [0.29, 0.717) is 46.6 Å². The summed E-state index contributed by atoms with van der Waals surface area (Å²) in [6.45, 7) is 6.36. The van der Waals surface area contributed by atoms with Crippen LogP contribution < -0.4 is 10.5 Å². The molecule has 0 spiro atoms. The van der Waals surface area contributed by atoms with E-state index < -0.39 is 6.43 Å². The van der Waals surface area contributed by atoms with E-state index in [0.717, 1.165) is 23.8 Å². The first kappa shape index (κ1) is 26.9. The van der Waals surface area contributed by atoms with E-state index in [1.807, 2.05) is 24.8 Å². The van der Waals surface area contributed by atoms with E-state index in [4.69, 9.17) is 11.6 Å². The van der Waals surface area contributed by atoms with Crippen LogP contribution in [-0.4, -0.2) is 25.6 Å². The second-order valence-electron chi connectivity index (χ2n) is 8.28. The van der Waals surface area contributed by atoms with Crippen molar-refractivity contribution in [1.29, 1.82) is 0 Å². The van der Waals surface area contributed by atoms with Crippen LogP contribution in [0.5, 0.6) is 0 Å². The molecule has 3 aromatic heterocycles. The number of aryl methyl sites for hydroxylation is 3. The lowest BCUT2D eigenvalue weighted by atomic mass is 9.93. The monoisotopic (exact) mass is 643 g/mol. The maximum atomic E-state index is 14.2. The van der Waals surface area contributed by atoms with E-state index in [2.05, 4.69) is 32.1 Å². The van der Waals surface area contributed by atoms with Gasteiger partial charge in [-0.05, 0) is 71.1 Å². The second-order valence-corrected chi connectivity index (χ2v) is 10.7. The SMILES string of the molecule is CC.Cc1cc2c(N3CCCc4cc(-c5cnn(PI)c5)c(C(F)F)cc43)nc(Cl)cc2n(C)c1=O. The van der Waals surface area contributed by atoms with Crippen molar-refractivity contribution < 1.29 is 8.78 Å². The van der Waals surface area contributed by atoms with Gasteiger partial charge in [-0.1, -0.05) is 25.4 Å². The Morgan fingerprint density at radius 3 is 2.61 bits per heavy atom. The van der Waals surface area contributed by atoms with Gasteiger partial charge in [0.2, 0.25) is 0 Å². The van der Waals surface area contributed by atoms with Crippen LogP contribution in [-0.2, 0) is 13.5 Å². The fourth-order valence-corrected chi connectivity index (χ4v) is 5.84. The predicted octanol–water partition coefficient (Wildman–Crippen LogP) is 7.60. The van der Waals surface area contributed by atoms with Gasteiger partial charge in [0.25, 0.3) is 12.0 Å². The van der Waals surface area contributed by atoms with Gasteiger partial charge in [-0.25, -0.2) is 18.2 Å². The van der Waals surface area contributed by atoms with Crippen molar-refractivity contribution in [2.45, 2.75) is 40.0 Å². The van der Waals surface area contributed by atoms with Crippen molar-refractivity contribution in [2.24, 2.45) is 7.05 Å². The molecule has 0 radical (unpaired) electrons. The second kappa shape index (κ2) is 11.1. The van der Waals surface area contributed by atoms with Gasteiger partial charge in [0.15, 0.2) is 0 Å². The van der Waals surface area contributed by atoms with Crippen LogP contribution in [0.2, 0.25) is 5.15 Å². The topological polar surface area (TPSA) is 56.0 Å². The summed E-state index contributed by atoms with van der Waals surface area (Å²) in [4.78, 5) is 19.0. The minimum absolute atomic E-state index is 0.0445. The third-order valence-corrected chi connectivity index (χ3v) is 8.28. The molecule has 0 fully saturated rings. The van der Waals surface area contributed by atoms with Gasteiger partial charge in [-0.3, -0.25) is 4.79 Å². The molecule has 4 heterocycles. The number of rotatable bonds is 4. The minimum atomic E-state index is -2.65. The first-order valence-corrected chi connectivity index (χ1v) is 16.0. The summed E-state index contributed by atoms with van der Waals surface area (Å²) >= 11 is 8.56. The highest BCUT2D eigenvalue weighted by molar-refractivity contribution is 14.2. The van der Waals surface area contributed by atoms with Gasteiger partial charge in [-0.15, -0.1) is 0 Å². The van der Waals surface area contributed by atoms with Gasteiger partial charge in [0, 0.05) is 53.6 Å². The number of benzene rings is 1. The van der Waals surface area contributed by atoms with Crippen LogP contribution in [0.4, 0.5) is 20.3 Å². The molecule has 1 unspecified atom stereocenters. The van der Waals surface area contributed by atoms with Crippen LogP contribution >= 0.6 is 40.0 Å². The fourth-order valence-electron chi connectivity index (χ4n) is 4.58. The molecular weight excluding hydrogens is 618 g/mol. The van der Waals surface area contributed by atoms with Crippen LogP contribution in [0, 0.1) is 6.92 Å². The molecule has 6 nitrogen and oxygen atoms in total. The molecule has 0 bridgehead atoms. The molecule has 36 heavy (non-hydrogen) atoms. The van der Waals surface area contributed by atoms with E-state index in [-0.39, 0.29) is 16.3 Å². The number of anilines is 2. The molecule has 1 aliphatic heterocycles. The zero-order chi connectivity index (χ0) is 26.1. The van der Waals surface area contributed by atoms with E-state index in [1.165, 1.54) is 0 Å². The number of pyridine rings is 2. The maximum absolute atomic E-state index is 14.2. The highest BCUT2D eigenvalue weighted by Crippen LogP contribution is 2.43. The Morgan fingerprint density at radius 1 is 1.19 bits per heavy atom. The van der Waals surface area contributed by atoms with Gasteiger partial charge < -0.3 is 9.47 Å². The number of halogens is 4. The first-order chi connectivity index (χ1) is 17.3. The summed E-state index contributed by atoms with van der Waals surface area (Å²) in [5.41, 5.74) is 3.90. The molecule has 0 saturated carbocycles. The van der Waals surface area contributed by atoms with Gasteiger partial charge in [0.05, 0.1) is 18.1 Å². The number of aromatic nitrogens is 4. The molecular formula is C25H26ClF2IN5OP. The molecule has 0 N–H and O–H groups in total. The Balaban J connectivity index is 0.00000148. The highest BCUT2D eigenvalue weighted by Gasteiger charge is 2.27. The smallest absolute Gasteiger partial charge is 0.264 e. The van der Waals surface area contributed by atoms with Gasteiger partial charge in [0.1, 0.15) is 11.0 Å². The summed E-state index contributed by atoms with van der Waals surface area (Å²) in [6, 6.07) is 6.88. The lowest BCUT2D eigenvalue weighted by molar-refractivity contribution is 0.152. The highest BCUT2D eigenvalue weighted by atomic mass is 127. The molecule has 11 heteroatoms. The normalized spacial score (nSPS) is 13.4. The standard InChI is InChI=1S/C23H20ClF2IN5OP.C2H6/c1-12-6-17-19(30(2)23(12)33)9-20(24)29-22(17)31-5-3-4-13-7-15(14-10-28-32(11-14)34-27)16(21(25)26)8-18(13)31;1-2/h6-11,21,34H,3-5H2,1-2H3;1-2H3. The summed E-state index contributed by atoms with van der Waals surface area (Å²) in [5, 5.41) is 5.26. The Labute approximate surface area is 228 Å². The van der Waals surface area contributed by atoms with Crippen molar-refractivity contribution in [3.05, 3.63) is 68.9 Å². The van der Waals surface area contributed by atoms with Crippen molar-refractivity contribution in [3.8, 4) is 11.1 Å². The summed E-state index contributed by atoms with van der Waals surface area (Å²) in [7, 11) is 1.69. The van der Waals surface area contributed by atoms with Crippen molar-refractivity contribution in [1.82, 2.24) is 19.1 Å². The number of alkyl halides is 2. The molecule has 0 aliphatic carbocycles. The average molecular weight is 644 g/mol. The van der Waals surface area contributed by atoms with Gasteiger partial charge in [-0.2, -0.15) is 5.10 Å². The molecule has 190 valence electrons. The van der Waals surface area contributed by atoms with Gasteiger partial charge >= 0.3 is 0 Å². The number of fused-ring (bicyclic) bond motifs is 2. The number of nitrogens with zero attached hydrogens (tertiary/aromatic N) is 5. The average Bonchev–Trinajstić information content (AvgIpc) is 3.37. The molecule has 4 aromatic rings. The van der Waals surface area contributed by atoms with Crippen molar-refractivity contribution in [3.63, 3.8) is 0 Å². The van der Waals surface area contributed by atoms with Crippen molar-refractivity contribution >= 4 is 62.4 Å².